The van der Waals surface area contributed by atoms with Crippen molar-refractivity contribution < 1.29 is 5.11 Å². The number of hydrogen-bond acceptors (Lipinski definition) is 4. The summed E-state index contributed by atoms with van der Waals surface area (Å²) in [6.45, 7) is 0. The Kier molecular flexibility index (Phi) is 3.53. The highest BCUT2D eigenvalue weighted by Crippen LogP contribution is 2.22. The van der Waals surface area contributed by atoms with Gasteiger partial charge in [0.1, 0.15) is 0 Å². The van der Waals surface area contributed by atoms with E-state index in [-0.39, 0.29) is 0 Å². The molecule has 0 bridgehead atoms. The van der Waals surface area contributed by atoms with Crippen LogP contribution in [0, 0.1) is 0 Å². The Morgan fingerprint density at radius 2 is 2.00 bits per heavy atom. The van der Waals surface area contributed by atoms with Crippen LogP contribution in [0.3, 0.4) is 0 Å². The molecule has 0 aliphatic rings. The number of nitrogens with zero attached hydrogens (tertiary/aromatic N) is 2. The molecule has 0 aliphatic carbocycles. The summed E-state index contributed by atoms with van der Waals surface area (Å²) >= 11 is 1.65. The van der Waals surface area contributed by atoms with Gasteiger partial charge in [-0.2, -0.15) is 0 Å². The summed E-state index contributed by atoms with van der Waals surface area (Å²) in [6, 6.07) is 11.9. The highest BCUT2D eigenvalue weighted by molar-refractivity contribution is 7.18. The van der Waals surface area contributed by atoms with Gasteiger partial charge in [-0.3, -0.25) is 4.98 Å². The largest absolute Gasteiger partial charge is 0.392 e. The van der Waals surface area contributed by atoms with Crippen molar-refractivity contribution in [2.24, 2.45) is 0 Å². The molecule has 2 aromatic heterocycles. The van der Waals surface area contributed by atoms with Crippen molar-refractivity contribution in [3.8, 4) is 0 Å². The maximum Gasteiger partial charge on any atom is 0.0964 e. The van der Waals surface area contributed by atoms with Gasteiger partial charge in [0.15, 0.2) is 0 Å². The number of benzene rings is 1. The third-order valence-corrected chi connectivity index (χ3v) is 4.00. The fourth-order valence-corrected chi connectivity index (χ4v) is 3.11. The van der Waals surface area contributed by atoms with Gasteiger partial charge in [0.2, 0.25) is 0 Å². The molecule has 4 heteroatoms. The second-order valence-electron chi connectivity index (χ2n) is 4.50. The van der Waals surface area contributed by atoms with Crippen molar-refractivity contribution >= 4 is 21.6 Å². The van der Waals surface area contributed by atoms with Crippen molar-refractivity contribution in [1.29, 1.82) is 0 Å². The Morgan fingerprint density at radius 3 is 2.79 bits per heavy atom. The van der Waals surface area contributed by atoms with Crippen molar-refractivity contribution in [3.63, 3.8) is 0 Å². The van der Waals surface area contributed by atoms with Crippen molar-refractivity contribution in [2.45, 2.75) is 18.9 Å². The lowest BCUT2D eigenvalue weighted by Crippen LogP contribution is -2.13. The van der Waals surface area contributed by atoms with E-state index in [4.69, 9.17) is 0 Å². The molecule has 2 heterocycles. The molecular weight excluding hydrogens is 256 g/mol. The molecule has 3 nitrogen and oxygen atoms in total. The van der Waals surface area contributed by atoms with E-state index in [1.165, 1.54) is 4.70 Å². The van der Waals surface area contributed by atoms with E-state index in [0.29, 0.717) is 12.8 Å². The molecule has 0 saturated carbocycles. The molecule has 1 atom stereocenters. The van der Waals surface area contributed by atoms with Gasteiger partial charge >= 0.3 is 0 Å². The van der Waals surface area contributed by atoms with E-state index in [1.807, 2.05) is 30.3 Å². The van der Waals surface area contributed by atoms with Gasteiger partial charge in [-0.25, -0.2) is 4.98 Å². The lowest BCUT2D eigenvalue weighted by molar-refractivity contribution is 0.175. The van der Waals surface area contributed by atoms with E-state index in [0.717, 1.165) is 16.1 Å². The van der Waals surface area contributed by atoms with Crippen LogP contribution in [0.1, 0.15) is 10.6 Å². The quantitative estimate of drug-likeness (QED) is 0.793. The van der Waals surface area contributed by atoms with Gasteiger partial charge < -0.3 is 5.11 Å². The van der Waals surface area contributed by atoms with E-state index >= 15 is 0 Å². The molecule has 1 unspecified atom stereocenters. The molecule has 0 radical (unpaired) electrons. The normalized spacial score (nSPS) is 12.7. The molecule has 0 saturated heterocycles. The topological polar surface area (TPSA) is 46.0 Å². The zero-order valence-electron chi connectivity index (χ0n) is 10.4. The van der Waals surface area contributed by atoms with Gasteiger partial charge in [-0.1, -0.05) is 18.2 Å². The molecule has 1 aromatic carbocycles. The van der Waals surface area contributed by atoms with Gasteiger partial charge in [0.25, 0.3) is 0 Å². The molecule has 0 aliphatic heterocycles. The minimum atomic E-state index is -0.412. The number of rotatable bonds is 4. The van der Waals surface area contributed by atoms with Crippen molar-refractivity contribution in [1.82, 2.24) is 9.97 Å². The second kappa shape index (κ2) is 5.47. The third-order valence-electron chi connectivity index (χ3n) is 2.94. The Balaban J connectivity index is 1.70. The van der Waals surface area contributed by atoms with E-state index in [1.54, 1.807) is 23.7 Å². The first kappa shape index (κ1) is 12.3. The summed E-state index contributed by atoms with van der Waals surface area (Å²) in [4.78, 5) is 8.59. The van der Waals surface area contributed by atoms with Crippen LogP contribution in [0.4, 0.5) is 0 Å². The second-order valence-corrected chi connectivity index (χ2v) is 5.61. The van der Waals surface area contributed by atoms with E-state index in [9.17, 15) is 5.11 Å². The van der Waals surface area contributed by atoms with Gasteiger partial charge in [-0.05, 0) is 23.8 Å². The Labute approximate surface area is 115 Å². The summed E-state index contributed by atoms with van der Waals surface area (Å²) in [5.41, 5.74) is 2.06. The molecule has 3 rings (SSSR count). The third kappa shape index (κ3) is 2.97. The number of fused-ring (bicyclic) bond motifs is 1. The average molecular weight is 270 g/mol. The molecule has 3 aromatic rings. The molecule has 19 heavy (non-hydrogen) atoms. The fourth-order valence-electron chi connectivity index (χ4n) is 2.07. The molecule has 0 spiro atoms. The molecule has 96 valence electrons. The highest BCUT2D eigenvalue weighted by Gasteiger charge is 2.10. The molecule has 1 N–H and O–H groups in total. The van der Waals surface area contributed by atoms with Crippen LogP contribution in [-0.2, 0) is 12.8 Å². The summed E-state index contributed by atoms with van der Waals surface area (Å²) in [7, 11) is 0. The SMILES string of the molecule is OC(Cc1cccnc1)Cc1nc2ccccc2s1. The lowest BCUT2D eigenvalue weighted by atomic mass is 10.1. The van der Waals surface area contributed by atoms with E-state index < -0.39 is 6.10 Å². The number of aromatic nitrogens is 2. The monoisotopic (exact) mass is 270 g/mol. The highest BCUT2D eigenvalue weighted by atomic mass is 32.1. The van der Waals surface area contributed by atoms with Gasteiger partial charge in [0.05, 0.1) is 21.3 Å². The van der Waals surface area contributed by atoms with E-state index in [2.05, 4.69) is 16.0 Å². The maximum atomic E-state index is 10.1. The Bertz CT molecular complexity index is 633. The van der Waals surface area contributed by atoms with Gasteiger partial charge in [0, 0.05) is 25.2 Å². The maximum absolute atomic E-state index is 10.1. The molecule has 0 amide bonds. The number of aliphatic hydroxyl groups excluding tert-OH is 1. The first-order valence-electron chi connectivity index (χ1n) is 6.23. The zero-order valence-corrected chi connectivity index (χ0v) is 11.2. The average Bonchev–Trinajstić information content (AvgIpc) is 2.81. The lowest BCUT2D eigenvalue weighted by Gasteiger charge is -2.07. The van der Waals surface area contributed by atoms with Crippen molar-refractivity contribution in [2.75, 3.05) is 0 Å². The summed E-state index contributed by atoms with van der Waals surface area (Å²) in [5, 5.41) is 11.1. The minimum absolute atomic E-state index is 0.412. The summed E-state index contributed by atoms with van der Waals surface area (Å²) in [6.07, 6.45) is 4.33. The van der Waals surface area contributed by atoms with Crippen LogP contribution in [0.5, 0.6) is 0 Å². The van der Waals surface area contributed by atoms with Crippen LogP contribution >= 0.6 is 11.3 Å². The predicted molar refractivity (Wildman–Crippen MR) is 77.3 cm³/mol. The standard InChI is InChI=1S/C15H14N2OS/c18-12(8-11-4-3-7-16-10-11)9-15-17-13-5-1-2-6-14(13)19-15/h1-7,10,12,18H,8-9H2. The van der Waals surface area contributed by atoms with Crippen LogP contribution < -0.4 is 0 Å². The van der Waals surface area contributed by atoms with Crippen molar-refractivity contribution in [3.05, 3.63) is 59.4 Å². The number of thiazole rings is 1. The number of para-hydroxylation sites is 1. The number of aliphatic hydroxyl groups is 1. The Hall–Kier alpha value is -1.78. The van der Waals surface area contributed by atoms with Crippen LogP contribution in [0.25, 0.3) is 10.2 Å². The summed E-state index contributed by atoms with van der Waals surface area (Å²) < 4.78 is 1.17. The smallest absolute Gasteiger partial charge is 0.0964 e. The van der Waals surface area contributed by atoms with Crippen LogP contribution in [0.2, 0.25) is 0 Å². The predicted octanol–water partition coefficient (Wildman–Crippen LogP) is 2.84. The summed E-state index contributed by atoms with van der Waals surface area (Å²) in [5.74, 6) is 0. The number of pyridine rings is 1. The number of hydrogen-bond donors (Lipinski definition) is 1. The van der Waals surface area contributed by atoms with Crippen LogP contribution in [0.15, 0.2) is 48.8 Å². The first-order chi connectivity index (χ1) is 9.31. The first-order valence-corrected chi connectivity index (χ1v) is 7.04. The van der Waals surface area contributed by atoms with Gasteiger partial charge in [-0.15, -0.1) is 11.3 Å². The molecule has 0 fully saturated rings. The van der Waals surface area contributed by atoms with Crippen LogP contribution in [-0.4, -0.2) is 21.2 Å². The Morgan fingerprint density at radius 1 is 1.11 bits per heavy atom. The molecular formula is C15H14N2OS. The zero-order chi connectivity index (χ0) is 13.1. The minimum Gasteiger partial charge on any atom is -0.392 e. The fraction of sp³-hybridized carbons (Fsp3) is 0.200.